The predicted molar refractivity (Wildman–Crippen MR) is 107 cm³/mol. The van der Waals surface area contributed by atoms with Crippen LogP contribution < -0.4 is 9.47 Å². The summed E-state index contributed by atoms with van der Waals surface area (Å²) >= 11 is 0. The van der Waals surface area contributed by atoms with Crippen LogP contribution in [0.1, 0.15) is 18.9 Å². The Morgan fingerprint density at radius 1 is 1.04 bits per heavy atom. The third-order valence-corrected chi connectivity index (χ3v) is 4.80. The Morgan fingerprint density at radius 3 is 2.56 bits per heavy atom. The Morgan fingerprint density at radius 2 is 1.81 bits per heavy atom. The van der Waals surface area contributed by atoms with Crippen LogP contribution in [0.2, 0.25) is 0 Å². The van der Waals surface area contributed by atoms with Gasteiger partial charge in [-0.25, -0.2) is 0 Å². The minimum atomic E-state index is 0.144. The largest absolute Gasteiger partial charge is 0.493 e. The quantitative estimate of drug-likeness (QED) is 0.603. The first-order valence-corrected chi connectivity index (χ1v) is 9.18. The summed E-state index contributed by atoms with van der Waals surface area (Å²) in [7, 11) is 3.23. The number of carbonyl (C=O) groups excluding carboxylic acids is 1. The van der Waals surface area contributed by atoms with Crippen LogP contribution in [-0.2, 0) is 17.9 Å². The second kappa shape index (κ2) is 8.62. The third kappa shape index (κ3) is 4.25. The molecule has 5 nitrogen and oxygen atoms in total. The molecule has 0 aliphatic rings. The molecule has 3 aromatic rings. The van der Waals surface area contributed by atoms with Crippen molar-refractivity contribution < 1.29 is 14.3 Å². The van der Waals surface area contributed by atoms with Crippen LogP contribution in [0.4, 0.5) is 0 Å². The normalized spacial score (nSPS) is 10.8. The smallest absolute Gasteiger partial charge is 0.224 e. The zero-order valence-electron chi connectivity index (χ0n) is 16.1. The summed E-state index contributed by atoms with van der Waals surface area (Å²) in [6, 6.07) is 16.1. The standard InChI is InChI=1S/C22H26N2O3/c1-4-23(16-17-9-10-20(26-2)21(15-17)27-3)22(25)12-14-24-13-11-18-7-5-6-8-19(18)24/h5-11,13,15H,4,12,14,16H2,1-3H3. The first kappa shape index (κ1) is 18.8. The lowest BCUT2D eigenvalue weighted by Gasteiger charge is -2.22. The molecular weight excluding hydrogens is 340 g/mol. The van der Waals surface area contributed by atoms with Crippen LogP contribution >= 0.6 is 0 Å². The van der Waals surface area contributed by atoms with Gasteiger partial charge in [0.2, 0.25) is 5.91 Å². The number of aromatic nitrogens is 1. The second-order valence-corrected chi connectivity index (χ2v) is 6.42. The average molecular weight is 366 g/mol. The van der Waals surface area contributed by atoms with Crippen LogP contribution in [0.25, 0.3) is 10.9 Å². The van der Waals surface area contributed by atoms with Gasteiger partial charge in [-0.1, -0.05) is 24.3 Å². The fourth-order valence-corrected chi connectivity index (χ4v) is 3.29. The van der Waals surface area contributed by atoms with Crippen molar-refractivity contribution >= 4 is 16.8 Å². The minimum Gasteiger partial charge on any atom is -0.493 e. The summed E-state index contributed by atoms with van der Waals surface area (Å²) in [6.07, 6.45) is 2.52. The van der Waals surface area contributed by atoms with Gasteiger partial charge in [-0.15, -0.1) is 0 Å². The summed E-state index contributed by atoms with van der Waals surface area (Å²) < 4.78 is 12.8. The van der Waals surface area contributed by atoms with Gasteiger partial charge in [-0.2, -0.15) is 0 Å². The van der Waals surface area contributed by atoms with E-state index in [4.69, 9.17) is 9.47 Å². The maximum absolute atomic E-state index is 12.7. The number of methoxy groups -OCH3 is 2. The van der Waals surface area contributed by atoms with E-state index in [1.54, 1.807) is 14.2 Å². The summed E-state index contributed by atoms with van der Waals surface area (Å²) in [5, 5.41) is 1.20. The molecule has 0 radical (unpaired) electrons. The molecule has 0 fully saturated rings. The molecule has 0 spiro atoms. The SMILES string of the molecule is CCN(Cc1ccc(OC)c(OC)c1)C(=O)CCn1ccc2ccccc21. The van der Waals surface area contributed by atoms with Crippen LogP contribution in [-0.4, -0.2) is 36.1 Å². The van der Waals surface area contributed by atoms with Gasteiger partial charge in [-0.3, -0.25) is 4.79 Å². The zero-order chi connectivity index (χ0) is 19.2. The number of benzene rings is 2. The molecule has 0 unspecified atom stereocenters. The number of para-hydroxylation sites is 1. The van der Waals surface area contributed by atoms with Gasteiger partial charge in [0.05, 0.1) is 14.2 Å². The van der Waals surface area contributed by atoms with Crippen LogP contribution in [0.5, 0.6) is 11.5 Å². The van der Waals surface area contributed by atoms with Gasteiger partial charge in [0.15, 0.2) is 11.5 Å². The first-order chi connectivity index (χ1) is 13.2. The van der Waals surface area contributed by atoms with Crippen LogP contribution in [0.15, 0.2) is 54.7 Å². The molecule has 0 atom stereocenters. The van der Waals surface area contributed by atoms with Gasteiger partial charge < -0.3 is 18.9 Å². The molecular formula is C22H26N2O3. The van der Waals surface area contributed by atoms with E-state index in [0.29, 0.717) is 37.6 Å². The van der Waals surface area contributed by atoms with E-state index >= 15 is 0 Å². The molecule has 1 amide bonds. The Hall–Kier alpha value is -2.95. The monoisotopic (exact) mass is 366 g/mol. The van der Waals surface area contributed by atoms with Crippen molar-refractivity contribution in [2.75, 3.05) is 20.8 Å². The van der Waals surface area contributed by atoms with Gasteiger partial charge in [0, 0.05) is 37.8 Å². The lowest BCUT2D eigenvalue weighted by molar-refractivity contribution is -0.131. The number of aryl methyl sites for hydroxylation is 1. The van der Waals surface area contributed by atoms with Crippen molar-refractivity contribution in [2.24, 2.45) is 0 Å². The van der Waals surface area contributed by atoms with Gasteiger partial charge in [-0.05, 0) is 42.1 Å². The van der Waals surface area contributed by atoms with E-state index in [0.717, 1.165) is 11.1 Å². The van der Waals surface area contributed by atoms with Crippen molar-refractivity contribution in [1.29, 1.82) is 0 Å². The first-order valence-electron chi connectivity index (χ1n) is 9.18. The highest BCUT2D eigenvalue weighted by Gasteiger charge is 2.14. The molecule has 0 saturated carbocycles. The lowest BCUT2D eigenvalue weighted by atomic mass is 10.1. The summed E-state index contributed by atoms with van der Waals surface area (Å²) in [6.45, 7) is 3.90. The zero-order valence-corrected chi connectivity index (χ0v) is 16.1. The topological polar surface area (TPSA) is 43.7 Å². The molecule has 1 aromatic heterocycles. The van der Waals surface area contributed by atoms with Crippen molar-refractivity contribution in [2.45, 2.75) is 26.4 Å². The number of nitrogens with zero attached hydrogens (tertiary/aromatic N) is 2. The van der Waals surface area contributed by atoms with E-state index in [-0.39, 0.29) is 5.91 Å². The minimum absolute atomic E-state index is 0.144. The molecule has 5 heteroatoms. The van der Waals surface area contributed by atoms with Crippen molar-refractivity contribution in [3.8, 4) is 11.5 Å². The predicted octanol–water partition coefficient (Wildman–Crippen LogP) is 4.10. The van der Waals surface area contributed by atoms with E-state index in [1.165, 1.54) is 5.39 Å². The number of carbonyl (C=O) groups is 1. The number of hydrogen-bond donors (Lipinski definition) is 0. The Bertz CT molecular complexity index is 917. The highest BCUT2D eigenvalue weighted by molar-refractivity contribution is 5.80. The van der Waals surface area contributed by atoms with Gasteiger partial charge >= 0.3 is 0 Å². The number of rotatable bonds is 8. The fraction of sp³-hybridized carbons (Fsp3) is 0.318. The molecule has 0 aliphatic heterocycles. The van der Waals surface area contributed by atoms with Gasteiger partial charge in [0.1, 0.15) is 0 Å². The summed E-state index contributed by atoms with van der Waals surface area (Å²) in [5.74, 6) is 1.51. The maximum Gasteiger partial charge on any atom is 0.224 e. The number of fused-ring (bicyclic) bond motifs is 1. The molecule has 2 aromatic carbocycles. The fourth-order valence-electron chi connectivity index (χ4n) is 3.29. The van der Waals surface area contributed by atoms with E-state index < -0.39 is 0 Å². The molecule has 0 bridgehead atoms. The molecule has 0 aliphatic carbocycles. The maximum atomic E-state index is 12.7. The molecule has 142 valence electrons. The average Bonchev–Trinajstić information content (AvgIpc) is 3.13. The molecule has 0 N–H and O–H groups in total. The van der Waals surface area contributed by atoms with E-state index in [9.17, 15) is 4.79 Å². The number of amides is 1. The highest BCUT2D eigenvalue weighted by atomic mass is 16.5. The molecule has 0 saturated heterocycles. The third-order valence-electron chi connectivity index (χ3n) is 4.80. The lowest BCUT2D eigenvalue weighted by Crippen LogP contribution is -2.30. The van der Waals surface area contributed by atoms with Crippen molar-refractivity contribution in [3.05, 3.63) is 60.3 Å². The van der Waals surface area contributed by atoms with E-state index in [1.807, 2.05) is 48.4 Å². The second-order valence-electron chi connectivity index (χ2n) is 6.42. The molecule has 27 heavy (non-hydrogen) atoms. The Kier molecular flexibility index (Phi) is 6.01. The molecule has 1 heterocycles. The van der Waals surface area contributed by atoms with Gasteiger partial charge in [0.25, 0.3) is 0 Å². The highest BCUT2D eigenvalue weighted by Crippen LogP contribution is 2.28. The van der Waals surface area contributed by atoms with Crippen LogP contribution in [0, 0.1) is 0 Å². The van der Waals surface area contributed by atoms with E-state index in [2.05, 4.69) is 22.8 Å². The Balaban J connectivity index is 1.65. The summed E-state index contributed by atoms with van der Waals surface area (Å²) in [4.78, 5) is 14.6. The summed E-state index contributed by atoms with van der Waals surface area (Å²) in [5.41, 5.74) is 2.18. The number of ether oxygens (including phenoxy) is 2. The van der Waals surface area contributed by atoms with Crippen LogP contribution in [0.3, 0.4) is 0 Å². The Labute approximate surface area is 160 Å². The number of hydrogen-bond acceptors (Lipinski definition) is 3. The van der Waals surface area contributed by atoms with Crippen molar-refractivity contribution in [3.63, 3.8) is 0 Å². The molecule has 3 rings (SSSR count). The van der Waals surface area contributed by atoms with Crippen molar-refractivity contribution in [1.82, 2.24) is 9.47 Å².